The van der Waals surface area contributed by atoms with Crippen LogP contribution >= 0.6 is 0 Å². The van der Waals surface area contributed by atoms with Gasteiger partial charge in [0.25, 0.3) is 0 Å². The zero-order chi connectivity index (χ0) is 18.1. The van der Waals surface area contributed by atoms with Crippen molar-refractivity contribution in [2.75, 3.05) is 6.26 Å². The SMILES string of the molecule is CS(=O)(=O)c1ccc(-c2c(-c3ccccc3)ncn2C2CC=CC2)cc1. The highest BCUT2D eigenvalue weighted by molar-refractivity contribution is 7.90. The van der Waals surface area contributed by atoms with Crippen molar-refractivity contribution in [3.8, 4) is 22.5 Å². The van der Waals surface area contributed by atoms with Crippen LogP contribution in [0.5, 0.6) is 0 Å². The summed E-state index contributed by atoms with van der Waals surface area (Å²) in [4.78, 5) is 5.03. The number of aromatic nitrogens is 2. The van der Waals surface area contributed by atoms with E-state index in [9.17, 15) is 8.42 Å². The Morgan fingerprint density at radius 3 is 2.19 bits per heavy atom. The van der Waals surface area contributed by atoms with Gasteiger partial charge in [-0.2, -0.15) is 0 Å². The highest BCUT2D eigenvalue weighted by Gasteiger charge is 2.21. The number of sulfone groups is 1. The molecule has 5 heteroatoms. The molecule has 4 nitrogen and oxygen atoms in total. The average molecular weight is 364 g/mol. The summed E-state index contributed by atoms with van der Waals surface area (Å²) in [5, 5.41) is 0. The molecule has 0 fully saturated rings. The van der Waals surface area contributed by atoms with Crippen LogP contribution in [0.1, 0.15) is 18.9 Å². The number of allylic oxidation sites excluding steroid dienone is 2. The van der Waals surface area contributed by atoms with Gasteiger partial charge in [0, 0.05) is 23.4 Å². The molecular weight excluding hydrogens is 344 g/mol. The lowest BCUT2D eigenvalue weighted by molar-refractivity contribution is 0.540. The fourth-order valence-corrected chi connectivity index (χ4v) is 4.05. The van der Waals surface area contributed by atoms with Gasteiger partial charge in [0.05, 0.1) is 22.6 Å². The molecule has 1 aliphatic carbocycles. The molecule has 3 aromatic rings. The molecule has 1 heterocycles. The molecule has 26 heavy (non-hydrogen) atoms. The van der Waals surface area contributed by atoms with Gasteiger partial charge in [-0.25, -0.2) is 13.4 Å². The monoisotopic (exact) mass is 364 g/mol. The van der Waals surface area contributed by atoms with Crippen LogP contribution in [0.15, 0.2) is 78.0 Å². The van der Waals surface area contributed by atoms with Crippen molar-refractivity contribution < 1.29 is 8.42 Å². The van der Waals surface area contributed by atoms with Crippen LogP contribution in [0.4, 0.5) is 0 Å². The molecule has 2 aromatic carbocycles. The summed E-state index contributed by atoms with van der Waals surface area (Å²) >= 11 is 0. The van der Waals surface area contributed by atoms with E-state index in [1.54, 1.807) is 12.1 Å². The predicted octanol–water partition coefficient (Wildman–Crippen LogP) is 4.51. The van der Waals surface area contributed by atoms with E-state index < -0.39 is 9.84 Å². The number of nitrogens with zero attached hydrogens (tertiary/aromatic N) is 2. The maximum absolute atomic E-state index is 11.8. The van der Waals surface area contributed by atoms with Gasteiger partial charge in [-0.1, -0.05) is 54.6 Å². The minimum Gasteiger partial charge on any atom is -0.326 e. The first-order valence-electron chi connectivity index (χ1n) is 8.62. The molecule has 1 aromatic heterocycles. The molecule has 0 N–H and O–H groups in total. The van der Waals surface area contributed by atoms with Crippen LogP contribution in [0.3, 0.4) is 0 Å². The lowest BCUT2D eigenvalue weighted by Gasteiger charge is -2.17. The van der Waals surface area contributed by atoms with Crippen molar-refractivity contribution in [3.63, 3.8) is 0 Å². The van der Waals surface area contributed by atoms with E-state index in [0.29, 0.717) is 10.9 Å². The second-order valence-corrected chi connectivity index (χ2v) is 8.62. The number of hydrogen-bond donors (Lipinski definition) is 0. The number of imidazole rings is 1. The third-order valence-corrected chi connectivity index (χ3v) is 5.90. The van der Waals surface area contributed by atoms with E-state index in [0.717, 1.165) is 35.4 Å². The van der Waals surface area contributed by atoms with E-state index in [-0.39, 0.29) is 0 Å². The first-order valence-corrected chi connectivity index (χ1v) is 10.5. The normalized spacial score (nSPS) is 14.8. The summed E-state index contributed by atoms with van der Waals surface area (Å²) in [6.07, 6.45) is 9.50. The van der Waals surface area contributed by atoms with Gasteiger partial charge in [0.15, 0.2) is 9.84 Å². The first-order chi connectivity index (χ1) is 12.5. The lowest BCUT2D eigenvalue weighted by atomic mass is 10.0. The molecule has 0 saturated heterocycles. The van der Waals surface area contributed by atoms with Crippen molar-refractivity contribution in [1.29, 1.82) is 0 Å². The van der Waals surface area contributed by atoms with Gasteiger partial charge < -0.3 is 4.57 Å². The molecule has 0 saturated carbocycles. The fraction of sp³-hybridized carbons (Fsp3) is 0.190. The molecule has 0 aliphatic heterocycles. The minimum atomic E-state index is -3.21. The Morgan fingerprint density at radius 1 is 0.923 bits per heavy atom. The average Bonchev–Trinajstić information content (AvgIpc) is 3.31. The molecule has 0 radical (unpaired) electrons. The molecule has 0 spiro atoms. The molecule has 132 valence electrons. The molecule has 0 bridgehead atoms. The van der Waals surface area contributed by atoms with Crippen LogP contribution in [0.25, 0.3) is 22.5 Å². The Hall–Kier alpha value is -2.66. The van der Waals surface area contributed by atoms with Crippen molar-refractivity contribution in [1.82, 2.24) is 9.55 Å². The van der Waals surface area contributed by atoms with Crippen LogP contribution in [0, 0.1) is 0 Å². The quantitative estimate of drug-likeness (QED) is 0.640. The molecule has 0 atom stereocenters. The third kappa shape index (κ3) is 3.10. The summed E-state index contributed by atoms with van der Waals surface area (Å²) in [6, 6.07) is 17.5. The second-order valence-electron chi connectivity index (χ2n) is 6.61. The van der Waals surface area contributed by atoms with Crippen LogP contribution in [-0.4, -0.2) is 24.2 Å². The van der Waals surface area contributed by atoms with Crippen LogP contribution < -0.4 is 0 Å². The third-order valence-electron chi connectivity index (χ3n) is 4.77. The molecule has 0 unspecified atom stereocenters. The first kappa shape index (κ1) is 16.8. The molecular formula is C21H20N2O2S. The second kappa shape index (κ2) is 6.57. The predicted molar refractivity (Wildman–Crippen MR) is 104 cm³/mol. The summed E-state index contributed by atoms with van der Waals surface area (Å²) < 4.78 is 25.8. The summed E-state index contributed by atoms with van der Waals surface area (Å²) in [6.45, 7) is 0. The maximum Gasteiger partial charge on any atom is 0.175 e. The van der Waals surface area contributed by atoms with E-state index in [2.05, 4.69) is 16.7 Å². The Balaban J connectivity index is 1.86. The van der Waals surface area contributed by atoms with E-state index in [1.807, 2.05) is 48.8 Å². The van der Waals surface area contributed by atoms with Gasteiger partial charge in [0.2, 0.25) is 0 Å². The van der Waals surface area contributed by atoms with Gasteiger partial charge >= 0.3 is 0 Å². The van der Waals surface area contributed by atoms with E-state index in [4.69, 9.17) is 4.98 Å². The van der Waals surface area contributed by atoms with Crippen LogP contribution in [0.2, 0.25) is 0 Å². The van der Waals surface area contributed by atoms with Gasteiger partial charge in [0.1, 0.15) is 0 Å². The van der Waals surface area contributed by atoms with Gasteiger partial charge in [-0.15, -0.1) is 0 Å². The lowest BCUT2D eigenvalue weighted by Crippen LogP contribution is -2.06. The van der Waals surface area contributed by atoms with Gasteiger partial charge in [-0.05, 0) is 25.0 Å². The van der Waals surface area contributed by atoms with E-state index in [1.165, 1.54) is 6.26 Å². The summed E-state index contributed by atoms with van der Waals surface area (Å²) in [5.41, 5.74) is 3.98. The highest BCUT2D eigenvalue weighted by Crippen LogP contribution is 2.36. The van der Waals surface area contributed by atoms with Gasteiger partial charge in [-0.3, -0.25) is 0 Å². The van der Waals surface area contributed by atoms with Crippen LogP contribution in [-0.2, 0) is 9.84 Å². The standard InChI is InChI=1S/C21H20N2O2S/c1-26(24,25)19-13-11-17(12-14-19)21-20(16-7-3-2-4-8-16)22-15-23(21)18-9-5-6-10-18/h2-8,11-15,18H,9-10H2,1H3. The summed E-state index contributed by atoms with van der Waals surface area (Å²) in [7, 11) is -3.21. The largest absolute Gasteiger partial charge is 0.326 e. The zero-order valence-corrected chi connectivity index (χ0v) is 15.4. The molecule has 4 rings (SSSR count). The van der Waals surface area contributed by atoms with Crippen molar-refractivity contribution in [2.24, 2.45) is 0 Å². The van der Waals surface area contributed by atoms with Crippen molar-refractivity contribution in [3.05, 3.63) is 73.1 Å². The Labute approximate surface area is 153 Å². The minimum absolute atomic E-state index is 0.330. The van der Waals surface area contributed by atoms with Crippen molar-refractivity contribution in [2.45, 2.75) is 23.8 Å². The number of rotatable bonds is 4. The summed E-state index contributed by atoms with van der Waals surface area (Å²) in [5.74, 6) is 0. The molecule has 0 amide bonds. The smallest absolute Gasteiger partial charge is 0.175 e. The maximum atomic E-state index is 11.8. The fourth-order valence-electron chi connectivity index (χ4n) is 3.42. The highest BCUT2D eigenvalue weighted by atomic mass is 32.2. The molecule has 1 aliphatic rings. The topological polar surface area (TPSA) is 52.0 Å². The zero-order valence-electron chi connectivity index (χ0n) is 14.5. The van der Waals surface area contributed by atoms with Crippen molar-refractivity contribution >= 4 is 9.84 Å². The number of hydrogen-bond acceptors (Lipinski definition) is 3. The van der Waals surface area contributed by atoms with E-state index >= 15 is 0 Å². The number of benzene rings is 2. The Kier molecular flexibility index (Phi) is 4.24. The Bertz CT molecular complexity index is 1040. The Morgan fingerprint density at radius 2 is 1.58 bits per heavy atom.